The Balaban J connectivity index is 1.98. The first kappa shape index (κ1) is 17.1. The molecular formula is C16H14Cl2N2O3. The predicted octanol–water partition coefficient (Wildman–Crippen LogP) is 3.97. The molecule has 0 fully saturated rings. The van der Waals surface area contributed by atoms with Crippen molar-refractivity contribution in [1.29, 1.82) is 0 Å². The van der Waals surface area contributed by atoms with E-state index in [-0.39, 0.29) is 18.4 Å². The lowest BCUT2D eigenvalue weighted by molar-refractivity contribution is -0.118. The zero-order valence-corrected chi connectivity index (χ0v) is 13.7. The Morgan fingerprint density at radius 3 is 2.30 bits per heavy atom. The summed E-state index contributed by atoms with van der Waals surface area (Å²) in [5.41, 5.74) is 0.997. The first-order chi connectivity index (χ1) is 11.0. The van der Waals surface area contributed by atoms with Crippen LogP contribution in [0.3, 0.4) is 0 Å². The first-order valence-electron chi connectivity index (χ1n) is 6.70. The van der Waals surface area contributed by atoms with Gasteiger partial charge in [-0.1, -0.05) is 35.3 Å². The van der Waals surface area contributed by atoms with E-state index < -0.39 is 0 Å². The van der Waals surface area contributed by atoms with Crippen LogP contribution in [0.25, 0.3) is 0 Å². The highest BCUT2D eigenvalue weighted by Crippen LogP contribution is 2.27. The lowest BCUT2D eigenvalue weighted by Gasteiger charge is -2.12. The maximum atomic E-state index is 12.0. The van der Waals surface area contributed by atoms with Gasteiger partial charge in [0.25, 0.3) is 5.91 Å². The van der Waals surface area contributed by atoms with Crippen LogP contribution in [0.2, 0.25) is 10.0 Å². The number of halogens is 2. The Hall–Kier alpha value is -2.24. The Bertz CT molecular complexity index is 735. The Morgan fingerprint density at radius 2 is 1.70 bits per heavy atom. The molecule has 120 valence electrons. The summed E-state index contributed by atoms with van der Waals surface area (Å²) >= 11 is 11.8. The van der Waals surface area contributed by atoms with Gasteiger partial charge in [0.15, 0.2) is 6.61 Å². The molecule has 2 rings (SSSR count). The minimum Gasteiger partial charge on any atom is -0.482 e. The second-order valence-electron chi connectivity index (χ2n) is 4.64. The number of para-hydroxylation sites is 2. The number of rotatable bonds is 5. The minimum atomic E-state index is -0.381. The van der Waals surface area contributed by atoms with E-state index >= 15 is 0 Å². The molecule has 2 amide bonds. The fraction of sp³-hybridized carbons (Fsp3) is 0.125. The van der Waals surface area contributed by atoms with Crippen LogP contribution < -0.4 is 15.4 Å². The van der Waals surface area contributed by atoms with Crippen LogP contribution in [0.5, 0.6) is 5.75 Å². The third-order valence-electron chi connectivity index (χ3n) is 2.76. The van der Waals surface area contributed by atoms with E-state index in [1.165, 1.54) is 13.0 Å². The largest absolute Gasteiger partial charge is 0.482 e. The molecule has 0 aliphatic carbocycles. The molecule has 2 N–H and O–H groups in total. The minimum absolute atomic E-state index is 0.226. The highest BCUT2D eigenvalue weighted by Gasteiger charge is 2.09. The number of amides is 2. The quantitative estimate of drug-likeness (QED) is 0.855. The Kier molecular flexibility index (Phi) is 5.84. The van der Waals surface area contributed by atoms with Gasteiger partial charge in [-0.2, -0.15) is 0 Å². The predicted molar refractivity (Wildman–Crippen MR) is 91.3 cm³/mol. The van der Waals surface area contributed by atoms with Gasteiger partial charge >= 0.3 is 0 Å². The number of carbonyl (C=O) groups is 2. The van der Waals surface area contributed by atoms with Crippen molar-refractivity contribution < 1.29 is 14.3 Å². The van der Waals surface area contributed by atoms with E-state index in [1.54, 1.807) is 36.4 Å². The van der Waals surface area contributed by atoms with Crippen molar-refractivity contribution >= 4 is 46.4 Å². The van der Waals surface area contributed by atoms with Gasteiger partial charge < -0.3 is 15.4 Å². The van der Waals surface area contributed by atoms with E-state index in [0.717, 1.165) is 0 Å². The van der Waals surface area contributed by atoms with Crippen molar-refractivity contribution in [1.82, 2.24) is 0 Å². The summed E-state index contributed by atoms with van der Waals surface area (Å²) in [7, 11) is 0. The van der Waals surface area contributed by atoms with Crippen molar-refractivity contribution in [2.24, 2.45) is 0 Å². The zero-order chi connectivity index (χ0) is 16.8. The second kappa shape index (κ2) is 7.85. The van der Waals surface area contributed by atoms with Gasteiger partial charge in [-0.05, 0) is 30.3 Å². The molecule has 0 spiro atoms. The van der Waals surface area contributed by atoms with Crippen molar-refractivity contribution in [2.45, 2.75) is 6.92 Å². The molecular weight excluding hydrogens is 339 g/mol. The molecule has 0 unspecified atom stereocenters. The van der Waals surface area contributed by atoms with Gasteiger partial charge in [-0.3, -0.25) is 9.59 Å². The van der Waals surface area contributed by atoms with Crippen LogP contribution >= 0.6 is 23.2 Å². The number of hydrogen-bond donors (Lipinski definition) is 2. The normalized spacial score (nSPS) is 10.0. The van der Waals surface area contributed by atoms with Gasteiger partial charge in [0.1, 0.15) is 5.75 Å². The fourth-order valence-corrected chi connectivity index (χ4v) is 2.28. The van der Waals surface area contributed by atoms with E-state index in [1.807, 2.05) is 0 Å². The topological polar surface area (TPSA) is 67.4 Å². The maximum absolute atomic E-state index is 12.0. The number of carbonyl (C=O) groups excluding carboxylic acids is 2. The lowest BCUT2D eigenvalue weighted by Crippen LogP contribution is -2.21. The van der Waals surface area contributed by atoms with Gasteiger partial charge in [-0.15, -0.1) is 0 Å². The highest BCUT2D eigenvalue weighted by atomic mass is 35.5. The standard InChI is InChI=1S/C16H14Cl2N2O3/c1-10(21)19-13-4-2-3-5-14(13)20-16(22)9-23-15-7-6-11(17)8-12(15)18/h2-8H,9H2,1H3,(H,19,21)(H,20,22). The number of ether oxygens (including phenoxy) is 1. The van der Waals surface area contributed by atoms with Crippen LogP contribution in [0.4, 0.5) is 11.4 Å². The van der Waals surface area contributed by atoms with E-state index in [2.05, 4.69) is 10.6 Å². The van der Waals surface area contributed by atoms with Gasteiger partial charge in [0, 0.05) is 11.9 Å². The number of hydrogen-bond acceptors (Lipinski definition) is 3. The van der Waals surface area contributed by atoms with Gasteiger partial charge in [0.2, 0.25) is 5.91 Å². The molecule has 0 bridgehead atoms. The fourth-order valence-electron chi connectivity index (χ4n) is 1.81. The van der Waals surface area contributed by atoms with E-state index in [9.17, 15) is 9.59 Å². The SMILES string of the molecule is CC(=O)Nc1ccccc1NC(=O)COc1ccc(Cl)cc1Cl. The average Bonchev–Trinajstić information content (AvgIpc) is 2.48. The van der Waals surface area contributed by atoms with Crippen molar-refractivity contribution in [2.75, 3.05) is 17.2 Å². The summed E-state index contributed by atoms with van der Waals surface area (Å²) in [4.78, 5) is 23.1. The molecule has 0 heterocycles. The third kappa shape index (κ3) is 5.16. The maximum Gasteiger partial charge on any atom is 0.262 e. The summed E-state index contributed by atoms with van der Waals surface area (Å²) in [6.45, 7) is 1.17. The molecule has 0 saturated heterocycles. The molecule has 0 aromatic heterocycles. The lowest BCUT2D eigenvalue weighted by atomic mass is 10.2. The van der Waals surface area contributed by atoms with Crippen LogP contribution in [-0.2, 0) is 9.59 Å². The molecule has 0 aliphatic heterocycles. The molecule has 2 aromatic carbocycles. The van der Waals surface area contributed by atoms with Crippen molar-refractivity contribution in [3.05, 3.63) is 52.5 Å². The van der Waals surface area contributed by atoms with Crippen LogP contribution in [0, 0.1) is 0 Å². The first-order valence-corrected chi connectivity index (χ1v) is 7.45. The van der Waals surface area contributed by atoms with Gasteiger partial charge in [0.05, 0.1) is 16.4 Å². The molecule has 0 atom stereocenters. The third-order valence-corrected chi connectivity index (χ3v) is 3.30. The summed E-state index contributed by atoms with van der Waals surface area (Å²) in [6, 6.07) is 11.6. The second-order valence-corrected chi connectivity index (χ2v) is 5.48. The highest BCUT2D eigenvalue weighted by molar-refractivity contribution is 6.35. The summed E-state index contributed by atoms with van der Waals surface area (Å²) < 4.78 is 5.36. The van der Waals surface area contributed by atoms with Gasteiger partial charge in [-0.25, -0.2) is 0 Å². The van der Waals surface area contributed by atoms with E-state index in [0.29, 0.717) is 27.2 Å². The smallest absolute Gasteiger partial charge is 0.262 e. The molecule has 23 heavy (non-hydrogen) atoms. The average molecular weight is 353 g/mol. The molecule has 5 nitrogen and oxygen atoms in total. The van der Waals surface area contributed by atoms with Crippen molar-refractivity contribution in [3.63, 3.8) is 0 Å². The monoisotopic (exact) mass is 352 g/mol. The Labute approximate surface area is 143 Å². The van der Waals surface area contributed by atoms with E-state index in [4.69, 9.17) is 27.9 Å². The molecule has 0 radical (unpaired) electrons. The van der Waals surface area contributed by atoms with Crippen LogP contribution in [0.1, 0.15) is 6.92 Å². The molecule has 0 aliphatic rings. The molecule has 0 saturated carbocycles. The number of anilines is 2. The van der Waals surface area contributed by atoms with Crippen molar-refractivity contribution in [3.8, 4) is 5.75 Å². The molecule has 2 aromatic rings. The van der Waals surface area contributed by atoms with Crippen LogP contribution in [0.15, 0.2) is 42.5 Å². The molecule has 7 heteroatoms. The Morgan fingerprint density at radius 1 is 1.04 bits per heavy atom. The summed E-state index contributed by atoms with van der Waals surface area (Å²) in [6.07, 6.45) is 0. The number of benzene rings is 2. The summed E-state index contributed by atoms with van der Waals surface area (Å²) in [5, 5.41) is 6.11. The summed E-state index contributed by atoms with van der Waals surface area (Å²) in [5.74, 6) is -0.244. The van der Waals surface area contributed by atoms with Crippen LogP contribution in [-0.4, -0.2) is 18.4 Å². The number of nitrogens with one attached hydrogen (secondary N) is 2. The zero-order valence-electron chi connectivity index (χ0n) is 12.2.